The third-order valence-electron chi connectivity index (χ3n) is 3.33. The fraction of sp³-hybridized carbons (Fsp3) is 0.533. The van der Waals surface area contributed by atoms with Crippen LogP contribution in [0.4, 0.5) is 0 Å². The molecule has 1 aromatic carbocycles. The molecule has 0 aromatic heterocycles. The zero-order valence-electron chi connectivity index (χ0n) is 11.8. The summed E-state index contributed by atoms with van der Waals surface area (Å²) in [5, 5.41) is 6.45. The highest BCUT2D eigenvalue weighted by Gasteiger charge is 2.19. The molecule has 2 unspecified atom stereocenters. The molecule has 5 heteroatoms. The lowest BCUT2D eigenvalue weighted by atomic mass is 10.0. The molecule has 1 heterocycles. The van der Waals surface area contributed by atoms with Crippen molar-refractivity contribution in [2.45, 2.75) is 38.3 Å². The SMILES string of the molecule is CC1CC(NC(=O)CCOc2ccccc2)CCN1.Cl. The van der Waals surface area contributed by atoms with Crippen molar-refractivity contribution in [3.8, 4) is 5.75 Å². The number of carbonyl (C=O) groups is 1. The maximum absolute atomic E-state index is 11.8. The summed E-state index contributed by atoms with van der Waals surface area (Å²) < 4.78 is 5.51. The van der Waals surface area contributed by atoms with Gasteiger partial charge in [-0.05, 0) is 38.4 Å². The van der Waals surface area contributed by atoms with Gasteiger partial charge in [-0.3, -0.25) is 4.79 Å². The Balaban J connectivity index is 0.00000200. The van der Waals surface area contributed by atoms with Crippen LogP contribution in [0.15, 0.2) is 30.3 Å². The van der Waals surface area contributed by atoms with E-state index < -0.39 is 0 Å². The largest absolute Gasteiger partial charge is 0.493 e. The molecule has 1 fully saturated rings. The van der Waals surface area contributed by atoms with Crippen LogP contribution in [0.3, 0.4) is 0 Å². The smallest absolute Gasteiger partial charge is 0.223 e. The Kier molecular flexibility index (Phi) is 7.41. The summed E-state index contributed by atoms with van der Waals surface area (Å²) in [5.41, 5.74) is 0. The van der Waals surface area contributed by atoms with E-state index in [-0.39, 0.29) is 18.3 Å². The standard InChI is InChI=1S/C15H22N2O2.ClH/c1-12-11-13(7-9-16-12)17-15(18)8-10-19-14-5-3-2-4-6-14;/h2-6,12-13,16H,7-11H2,1H3,(H,17,18);1H. The number of nitrogens with one attached hydrogen (secondary N) is 2. The molecule has 1 aromatic rings. The lowest BCUT2D eigenvalue weighted by molar-refractivity contribution is -0.122. The molecule has 0 aliphatic carbocycles. The average Bonchev–Trinajstić information content (AvgIpc) is 2.40. The van der Waals surface area contributed by atoms with Crippen LogP contribution in [0, 0.1) is 0 Å². The maximum atomic E-state index is 11.8. The van der Waals surface area contributed by atoms with Gasteiger partial charge in [-0.1, -0.05) is 18.2 Å². The van der Waals surface area contributed by atoms with Crippen molar-refractivity contribution >= 4 is 18.3 Å². The Hall–Kier alpha value is -1.26. The number of ether oxygens (including phenoxy) is 1. The van der Waals surface area contributed by atoms with E-state index in [4.69, 9.17) is 4.74 Å². The highest BCUT2D eigenvalue weighted by Crippen LogP contribution is 2.10. The van der Waals surface area contributed by atoms with Gasteiger partial charge in [0.2, 0.25) is 5.91 Å². The van der Waals surface area contributed by atoms with Crippen molar-refractivity contribution < 1.29 is 9.53 Å². The third kappa shape index (κ3) is 5.80. The summed E-state index contributed by atoms with van der Waals surface area (Å²) >= 11 is 0. The molecule has 4 nitrogen and oxygen atoms in total. The van der Waals surface area contributed by atoms with Crippen molar-refractivity contribution in [2.75, 3.05) is 13.2 Å². The first-order chi connectivity index (χ1) is 9.24. The molecule has 1 aliphatic heterocycles. The second-order valence-electron chi connectivity index (χ2n) is 5.06. The molecular weight excluding hydrogens is 276 g/mol. The van der Waals surface area contributed by atoms with Crippen LogP contribution in [0.5, 0.6) is 5.75 Å². The third-order valence-corrected chi connectivity index (χ3v) is 3.33. The van der Waals surface area contributed by atoms with Crippen molar-refractivity contribution in [1.82, 2.24) is 10.6 Å². The topological polar surface area (TPSA) is 50.4 Å². The molecule has 0 bridgehead atoms. The van der Waals surface area contributed by atoms with Crippen LogP contribution in [0.1, 0.15) is 26.2 Å². The van der Waals surface area contributed by atoms with E-state index in [9.17, 15) is 4.79 Å². The number of carbonyl (C=O) groups excluding carboxylic acids is 1. The lowest BCUT2D eigenvalue weighted by Crippen LogP contribution is -2.46. The molecule has 112 valence electrons. The number of halogens is 1. The first-order valence-corrected chi connectivity index (χ1v) is 6.94. The fourth-order valence-electron chi connectivity index (χ4n) is 2.34. The zero-order chi connectivity index (χ0) is 13.5. The van der Waals surface area contributed by atoms with Crippen molar-refractivity contribution in [3.63, 3.8) is 0 Å². The summed E-state index contributed by atoms with van der Waals surface area (Å²) in [6.45, 7) is 3.56. The second kappa shape index (κ2) is 8.82. The van der Waals surface area contributed by atoms with Gasteiger partial charge in [-0.2, -0.15) is 0 Å². The van der Waals surface area contributed by atoms with Crippen LogP contribution in [-0.2, 0) is 4.79 Å². The Labute approximate surface area is 126 Å². The number of hydrogen-bond acceptors (Lipinski definition) is 3. The number of rotatable bonds is 5. The van der Waals surface area contributed by atoms with Gasteiger partial charge >= 0.3 is 0 Å². The fourth-order valence-corrected chi connectivity index (χ4v) is 2.34. The van der Waals surface area contributed by atoms with E-state index in [1.807, 2.05) is 30.3 Å². The number of piperidine rings is 1. The normalized spacial score (nSPS) is 21.6. The molecule has 1 saturated heterocycles. The summed E-state index contributed by atoms with van der Waals surface area (Å²) in [4.78, 5) is 11.8. The van der Waals surface area contributed by atoms with Gasteiger partial charge in [0.25, 0.3) is 0 Å². The lowest BCUT2D eigenvalue weighted by Gasteiger charge is -2.28. The minimum absolute atomic E-state index is 0. The minimum Gasteiger partial charge on any atom is -0.493 e. The summed E-state index contributed by atoms with van der Waals surface area (Å²) in [5.74, 6) is 0.890. The Bertz CT molecular complexity index is 400. The summed E-state index contributed by atoms with van der Waals surface area (Å²) in [6.07, 6.45) is 2.42. The van der Waals surface area contributed by atoms with Crippen molar-refractivity contribution in [2.24, 2.45) is 0 Å². The number of benzene rings is 1. The molecule has 2 atom stereocenters. The van der Waals surface area contributed by atoms with E-state index in [1.54, 1.807) is 0 Å². The van der Waals surface area contributed by atoms with Crippen LogP contribution < -0.4 is 15.4 Å². The van der Waals surface area contributed by atoms with Crippen molar-refractivity contribution in [3.05, 3.63) is 30.3 Å². The molecule has 1 amide bonds. The van der Waals surface area contributed by atoms with Crippen molar-refractivity contribution in [1.29, 1.82) is 0 Å². The van der Waals surface area contributed by atoms with E-state index in [0.717, 1.165) is 25.1 Å². The number of amides is 1. The molecule has 0 spiro atoms. The average molecular weight is 299 g/mol. The highest BCUT2D eigenvalue weighted by atomic mass is 35.5. The highest BCUT2D eigenvalue weighted by molar-refractivity contribution is 5.85. The molecule has 1 aliphatic rings. The molecule has 2 rings (SSSR count). The predicted octanol–water partition coefficient (Wildman–Crippen LogP) is 2.13. The number of para-hydroxylation sites is 1. The molecular formula is C15H23ClN2O2. The van der Waals surface area contributed by atoms with E-state index in [0.29, 0.717) is 25.1 Å². The van der Waals surface area contributed by atoms with E-state index >= 15 is 0 Å². The molecule has 2 N–H and O–H groups in total. The molecule has 0 saturated carbocycles. The second-order valence-corrected chi connectivity index (χ2v) is 5.06. The first-order valence-electron chi connectivity index (χ1n) is 6.94. The molecule has 0 radical (unpaired) electrons. The summed E-state index contributed by atoms with van der Waals surface area (Å²) in [7, 11) is 0. The van der Waals surface area contributed by atoms with Gasteiger partial charge in [0.1, 0.15) is 5.75 Å². The van der Waals surface area contributed by atoms with E-state index in [1.165, 1.54) is 0 Å². The van der Waals surface area contributed by atoms with Crippen LogP contribution in [-0.4, -0.2) is 31.1 Å². The van der Waals surface area contributed by atoms with Gasteiger partial charge in [0.05, 0.1) is 13.0 Å². The van der Waals surface area contributed by atoms with Gasteiger partial charge < -0.3 is 15.4 Å². The number of hydrogen-bond donors (Lipinski definition) is 2. The Morgan fingerprint density at radius 3 is 2.85 bits per heavy atom. The van der Waals surface area contributed by atoms with Gasteiger partial charge in [0.15, 0.2) is 0 Å². The Morgan fingerprint density at radius 1 is 1.40 bits per heavy atom. The first kappa shape index (κ1) is 16.8. The maximum Gasteiger partial charge on any atom is 0.223 e. The molecule has 20 heavy (non-hydrogen) atoms. The van der Waals surface area contributed by atoms with Gasteiger partial charge in [-0.15, -0.1) is 12.4 Å². The van der Waals surface area contributed by atoms with Gasteiger partial charge in [0, 0.05) is 12.1 Å². The quantitative estimate of drug-likeness (QED) is 0.875. The van der Waals surface area contributed by atoms with Crippen LogP contribution >= 0.6 is 12.4 Å². The van der Waals surface area contributed by atoms with Crippen LogP contribution in [0.2, 0.25) is 0 Å². The predicted molar refractivity (Wildman–Crippen MR) is 82.4 cm³/mol. The van der Waals surface area contributed by atoms with Crippen LogP contribution in [0.25, 0.3) is 0 Å². The zero-order valence-corrected chi connectivity index (χ0v) is 12.6. The Morgan fingerprint density at radius 2 is 2.15 bits per heavy atom. The minimum atomic E-state index is 0. The van der Waals surface area contributed by atoms with E-state index in [2.05, 4.69) is 17.6 Å². The monoisotopic (exact) mass is 298 g/mol. The summed E-state index contributed by atoms with van der Waals surface area (Å²) in [6, 6.07) is 10.4. The van der Waals surface area contributed by atoms with Gasteiger partial charge in [-0.25, -0.2) is 0 Å².